The van der Waals surface area contributed by atoms with E-state index in [0.29, 0.717) is 18.8 Å². The van der Waals surface area contributed by atoms with Crippen LogP contribution < -0.4 is 0 Å². The van der Waals surface area contributed by atoms with Gasteiger partial charge in [0.1, 0.15) is 5.67 Å². The lowest BCUT2D eigenvalue weighted by Gasteiger charge is -2.29. The van der Waals surface area contributed by atoms with Crippen molar-refractivity contribution in [2.45, 2.75) is 38.3 Å². The molecule has 10 heavy (non-hydrogen) atoms. The van der Waals surface area contributed by atoms with Crippen LogP contribution in [0, 0.1) is 5.92 Å². The van der Waals surface area contributed by atoms with Crippen molar-refractivity contribution in [3.63, 3.8) is 0 Å². The molecule has 0 radical (unpaired) electrons. The Labute approximate surface area is 61.2 Å². The van der Waals surface area contributed by atoms with Crippen LogP contribution >= 0.6 is 0 Å². The van der Waals surface area contributed by atoms with Gasteiger partial charge in [-0.2, -0.15) is 0 Å². The minimum Gasteiger partial charge on any atom is -0.396 e. The van der Waals surface area contributed by atoms with Crippen molar-refractivity contribution in [1.29, 1.82) is 0 Å². The Morgan fingerprint density at radius 1 is 1.50 bits per heavy atom. The summed E-state index contributed by atoms with van der Waals surface area (Å²) in [7, 11) is 0. The highest BCUT2D eigenvalue weighted by Gasteiger charge is 2.29. The molecule has 60 valence electrons. The number of alkyl halides is 1. The van der Waals surface area contributed by atoms with E-state index >= 15 is 0 Å². The fraction of sp³-hybridized carbons (Fsp3) is 1.00. The molecule has 1 nitrogen and oxygen atoms in total. The molecule has 0 bridgehead atoms. The Bertz CT molecular complexity index is 102. The largest absolute Gasteiger partial charge is 0.396 e. The SMILES string of the molecule is CC1(F)CCC(CO)CC1. The molecule has 1 rings (SSSR count). The first kappa shape index (κ1) is 7.99. The second-order valence-corrected chi connectivity index (χ2v) is 3.54. The van der Waals surface area contributed by atoms with Gasteiger partial charge in [-0.15, -0.1) is 0 Å². The molecule has 1 N–H and O–H groups in total. The van der Waals surface area contributed by atoms with E-state index in [1.165, 1.54) is 0 Å². The molecule has 0 aromatic rings. The average Bonchev–Trinajstić information content (AvgIpc) is 1.88. The molecule has 0 unspecified atom stereocenters. The second kappa shape index (κ2) is 2.87. The second-order valence-electron chi connectivity index (χ2n) is 3.54. The summed E-state index contributed by atoms with van der Waals surface area (Å²) in [5, 5.41) is 8.74. The van der Waals surface area contributed by atoms with E-state index in [1.54, 1.807) is 6.92 Å². The first-order chi connectivity index (χ1) is 4.64. The van der Waals surface area contributed by atoms with Gasteiger partial charge in [0, 0.05) is 6.61 Å². The minimum atomic E-state index is -0.953. The molecule has 2 heteroatoms. The fourth-order valence-electron chi connectivity index (χ4n) is 1.46. The summed E-state index contributed by atoms with van der Waals surface area (Å²) in [6.45, 7) is 1.89. The zero-order chi connectivity index (χ0) is 7.61. The molecule has 0 heterocycles. The maximum absolute atomic E-state index is 13.1. The van der Waals surface area contributed by atoms with Crippen molar-refractivity contribution in [3.05, 3.63) is 0 Å². The zero-order valence-electron chi connectivity index (χ0n) is 6.44. The van der Waals surface area contributed by atoms with Crippen LogP contribution in [0.5, 0.6) is 0 Å². The maximum Gasteiger partial charge on any atom is 0.108 e. The predicted molar refractivity (Wildman–Crippen MR) is 38.6 cm³/mol. The minimum absolute atomic E-state index is 0.232. The molecular formula is C8H15FO. The van der Waals surface area contributed by atoms with Crippen LogP contribution in [0.2, 0.25) is 0 Å². The van der Waals surface area contributed by atoms with Crippen molar-refractivity contribution in [2.24, 2.45) is 5.92 Å². The topological polar surface area (TPSA) is 20.2 Å². The van der Waals surface area contributed by atoms with Gasteiger partial charge in [0.2, 0.25) is 0 Å². The summed E-state index contributed by atoms with van der Waals surface area (Å²) in [6.07, 6.45) is 2.95. The van der Waals surface area contributed by atoms with Gasteiger partial charge in [-0.3, -0.25) is 0 Å². The van der Waals surface area contributed by atoms with Crippen molar-refractivity contribution in [1.82, 2.24) is 0 Å². The van der Waals surface area contributed by atoms with Gasteiger partial charge in [0.15, 0.2) is 0 Å². The van der Waals surface area contributed by atoms with Gasteiger partial charge in [0.05, 0.1) is 0 Å². The van der Waals surface area contributed by atoms with E-state index in [0.717, 1.165) is 12.8 Å². The molecule has 0 atom stereocenters. The van der Waals surface area contributed by atoms with Crippen LogP contribution in [0.4, 0.5) is 4.39 Å². The lowest BCUT2D eigenvalue weighted by molar-refractivity contribution is 0.0798. The Morgan fingerprint density at radius 2 is 2.00 bits per heavy atom. The highest BCUT2D eigenvalue weighted by molar-refractivity contribution is 4.81. The van der Waals surface area contributed by atoms with Crippen LogP contribution in [0.25, 0.3) is 0 Å². The van der Waals surface area contributed by atoms with Crippen LogP contribution in [0.3, 0.4) is 0 Å². The van der Waals surface area contributed by atoms with E-state index in [4.69, 9.17) is 5.11 Å². The van der Waals surface area contributed by atoms with E-state index in [2.05, 4.69) is 0 Å². The highest BCUT2D eigenvalue weighted by atomic mass is 19.1. The van der Waals surface area contributed by atoms with E-state index < -0.39 is 5.67 Å². The van der Waals surface area contributed by atoms with Crippen molar-refractivity contribution < 1.29 is 9.50 Å². The average molecular weight is 146 g/mol. The Kier molecular flexibility index (Phi) is 2.29. The highest BCUT2D eigenvalue weighted by Crippen LogP contribution is 2.34. The zero-order valence-corrected chi connectivity index (χ0v) is 6.44. The van der Waals surface area contributed by atoms with E-state index in [9.17, 15) is 4.39 Å². The number of hydrogen-bond donors (Lipinski definition) is 1. The van der Waals surface area contributed by atoms with Gasteiger partial charge in [0.25, 0.3) is 0 Å². The smallest absolute Gasteiger partial charge is 0.108 e. The van der Waals surface area contributed by atoms with Gasteiger partial charge >= 0.3 is 0 Å². The summed E-state index contributed by atoms with van der Waals surface area (Å²) in [6, 6.07) is 0. The molecule has 1 aliphatic rings. The maximum atomic E-state index is 13.1. The Balaban J connectivity index is 2.31. The van der Waals surface area contributed by atoms with Crippen LogP contribution in [-0.2, 0) is 0 Å². The molecule has 0 amide bonds. The molecule has 0 spiro atoms. The summed E-state index contributed by atoms with van der Waals surface area (Å²) < 4.78 is 13.1. The van der Waals surface area contributed by atoms with Crippen molar-refractivity contribution >= 4 is 0 Å². The molecule has 0 aromatic carbocycles. The first-order valence-corrected chi connectivity index (χ1v) is 3.94. The number of aliphatic hydroxyl groups is 1. The lowest BCUT2D eigenvalue weighted by Crippen LogP contribution is -2.27. The van der Waals surface area contributed by atoms with Crippen LogP contribution in [-0.4, -0.2) is 17.4 Å². The molecule has 1 fully saturated rings. The third-order valence-corrected chi connectivity index (χ3v) is 2.41. The molecule has 0 aliphatic heterocycles. The number of halogens is 1. The van der Waals surface area contributed by atoms with Gasteiger partial charge < -0.3 is 5.11 Å². The first-order valence-electron chi connectivity index (χ1n) is 3.94. The van der Waals surface area contributed by atoms with E-state index in [1.807, 2.05) is 0 Å². The number of hydrogen-bond acceptors (Lipinski definition) is 1. The number of aliphatic hydroxyl groups excluding tert-OH is 1. The molecule has 0 saturated heterocycles. The van der Waals surface area contributed by atoms with E-state index in [-0.39, 0.29) is 6.61 Å². The third kappa shape index (κ3) is 1.94. The van der Waals surface area contributed by atoms with Crippen LogP contribution in [0.1, 0.15) is 32.6 Å². The number of rotatable bonds is 1. The van der Waals surface area contributed by atoms with Crippen LogP contribution in [0.15, 0.2) is 0 Å². The molecular weight excluding hydrogens is 131 g/mol. The monoisotopic (exact) mass is 146 g/mol. The summed E-state index contributed by atoms with van der Waals surface area (Å²) in [5.74, 6) is 0.365. The van der Waals surface area contributed by atoms with Gasteiger partial charge in [-0.25, -0.2) is 4.39 Å². The quantitative estimate of drug-likeness (QED) is 0.599. The van der Waals surface area contributed by atoms with Gasteiger partial charge in [-0.1, -0.05) is 0 Å². The fourth-order valence-corrected chi connectivity index (χ4v) is 1.46. The third-order valence-electron chi connectivity index (χ3n) is 2.41. The van der Waals surface area contributed by atoms with Crippen molar-refractivity contribution in [3.8, 4) is 0 Å². The molecule has 1 saturated carbocycles. The Morgan fingerprint density at radius 3 is 2.40 bits per heavy atom. The molecule has 0 aromatic heterocycles. The Hall–Kier alpha value is -0.110. The summed E-state index contributed by atoms with van der Waals surface area (Å²) >= 11 is 0. The summed E-state index contributed by atoms with van der Waals surface area (Å²) in [5.41, 5.74) is -0.953. The predicted octanol–water partition coefficient (Wildman–Crippen LogP) is 1.90. The lowest BCUT2D eigenvalue weighted by atomic mass is 9.81. The normalized spacial score (nSPS) is 41.7. The standard InChI is InChI=1S/C8H15FO/c1-8(9)4-2-7(6-10)3-5-8/h7,10H,2-6H2,1H3. The van der Waals surface area contributed by atoms with Gasteiger partial charge in [-0.05, 0) is 38.5 Å². The summed E-state index contributed by atoms with van der Waals surface area (Å²) in [4.78, 5) is 0. The van der Waals surface area contributed by atoms with Crippen molar-refractivity contribution in [2.75, 3.05) is 6.61 Å². The molecule has 1 aliphatic carbocycles.